The lowest BCUT2D eigenvalue weighted by molar-refractivity contribution is 0.537. The molecule has 1 aliphatic carbocycles. The van der Waals surface area contributed by atoms with Gasteiger partial charge < -0.3 is 5.73 Å². The standard InChI is InChI=1S/C13H25N/c1-3-4-8-13(14)10-9-12-7-5-6-11(12)2/h13H,3-10,14H2,1-2H3. The first-order chi connectivity index (χ1) is 6.74. The molecular weight excluding hydrogens is 170 g/mol. The predicted octanol–water partition coefficient (Wildman–Crippen LogP) is 3.78. The summed E-state index contributed by atoms with van der Waals surface area (Å²) in [4.78, 5) is 0. The number of rotatable bonds is 6. The largest absolute Gasteiger partial charge is 0.328 e. The van der Waals surface area contributed by atoms with Crippen LogP contribution in [0.1, 0.15) is 65.2 Å². The molecule has 0 aliphatic heterocycles. The average Bonchev–Trinajstić information content (AvgIpc) is 2.58. The normalized spacial score (nSPS) is 19.1. The third-order valence-corrected chi connectivity index (χ3v) is 3.38. The van der Waals surface area contributed by atoms with Crippen LogP contribution in [0.2, 0.25) is 0 Å². The Balaban J connectivity index is 2.16. The second-order valence-electron chi connectivity index (χ2n) is 4.68. The van der Waals surface area contributed by atoms with Gasteiger partial charge in [0, 0.05) is 6.04 Å². The summed E-state index contributed by atoms with van der Waals surface area (Å²) in [7, 11) is 0. The third kappa shape index (κ3) is 3.83. The first-order valence-electron chi connectivity index (χ1n) is 6.17. The molecule has 0 amide bonds. The molecule has 1 atom stereocenters. The van der Waals surface area contributed by atoms with E-state index in [2.05, 4.69) is 13.8 Å². The summed E-state index contributed by atoms with van der Waals surface area (Å²) >= 11 is 0. The minimum atomic E-state index is 0.441. The summed E-state index contributed by atoms with van der Waals surface area (Å²) in [5, 5.41) is 0. The van der Waals surface area contributed by atoms with Crippen molar-refractivity contribution in [3.8, 4) is 0 Å². The maximum atomic E-state index is 6.06. The second-order valence-corrected chi connectivity index (χ2v) is 4.68. The highest BCUT2D eigenvalue weighted by Gasteiger charge is 2.11. The molecule has 1 unspecified atom stereocenters. The van der Waals surface area contributed by atoms with Crippen LogP contribution in [-0.4, -0.2) is 6.04 Å². The molecular formula is C13H25N. The zero-order valence-electron chi connectivity index (χ0n) is 9.81. The minimum Gasteiger partial charge on any atom is -0.328 e. The molecule has 82 valence electrons. The summed E-state index contributed by atoms with van der Waals surface area (Å²) in [6, 6.07) is 0.441. The van der Waals surface area contributed by atoms with Crippen molar-refractivity contribution in [1.82, 2.24) is 0 Å². The summed E-state index contributed by atoms with van der Waals surface area (Å²) in [5.74, 6) is 0. The lowest BCUT2D eigenvalue weighted by Gasteiger charge is -2.11. The Kier molecular flexibility index (Phi) is 5.24. The fourth-order valence-corrected chi connectivity index (χ4v) is 2.27. The Labute approximate surface area is 88.8 Å². The van der Waals surface area contributed by atoms with Gasteiger partial charge in [0.05, 0.1) is 0 Å². The van der Waals surface area contributed by atoms with E-state index < -0.39 is 0 Å². The van der Waals surface area contributed by atoms with Crippen molar-refractivity contribution in [3.05, 3.63) is 11.1 Å². The van der Waals surface area contributed by atoms with Gasteiger partial charge in [-0.2, -0.15) is 0 Å². The summed E-state index contributed by atoms with van der Waals surface area (Å²) in [6.07, 6.45) is 10.3. The van der Waals surface area contributed by atoms with Gasteiger partial charge in [0.2, 0.25) is 0 Å². The van der Waals surface area contributed by atoms with Crippen LogP contribution in [-0.2, 0) is 0 Å². The molecule has 0 radical (unpaired) electrons. The van der Waals surface area contributed by atoms with E-state index in [9.17, 15) is 0 Å². The summed E-state index contributed by atoms with van der Waals surface area (Å²) in [6.45, 7) is 4.52. The monoisotopic (exact) mass is 195 g/mol. The van der Waals surface area contributed by atoms with Gasteiger partial charge in [-0.05, 0) is 45.4 Å². The Hall–Kier alpha value is -0.300. The van der Waals surface area contributed by atoms with Crippen molar-refractivity contribution in [2.45, 2.75) is 71.3 Å². The first kappa shape index (κ1) is 11.8. The Morgan fingerprint density at radius 1 is 1.29 bits per heavy atom. The first-order valence-corrected chi connectivity index (χ1v) is 6.17. The molecule has 0 aromatic heterocycles. The Bertz CT molecular complexity index is 193. The zero-order valence-corrected chi connectivity index (χ0v) is 9.81. The van der Waals surface area contributed by atoms with Gasteiger partial charge in [-0.15, -0.1) is 0 Å². The number of hydrogen-bond donors (Lipinski definition) is 1. The van der Waals surface area contributed by atoms with Gasteiger partial charge in [-0.25, -0.2) is 0 Å². The molecule has 1 heteroatoms. The summed E-state index contributed by atoms with van der Waals surface area (Å²) < 4.78 is 0. The van der Waals surface area contributed by atoms with Crippen molar-refractivity contribution in [1.29, 1.82) is 0 Å². The van der Waals surface area contributed by atoms with Crippen LogP contribution in [0.5, 0.6) is 0 Å². The third-order valence-electron chi connectivity index (χ3n) is 3.38. The molecule has 1 rings (SSSR count). The van der Waals surface area contributed by atoms with Gasteiger partial charge in [0.1, 0.15) is 0 Å². The van der Waals surface area contributed by atoms with E-state index in [0.717, 1.165) is 0 Å². The van der Waals surface area contributed by atoms with Crippen LogP contribution < -0.4 is 5.73 Å². The number of nitrogens with two attached hydrogens (primary N) is 1. The maximum absolute atomic E-state index is 6.06. The molecule has 1 nitrogen and oxygen atoms in total. The lowest BCUT2D eigenvalue weighted by Crippen LogP contribution is -2.19. The van der Waals surface area contributed by atoms with Gasteiger partial charge in [0.15, 0.2) is 0 Å². The van der Waals surface area contributed by atoms with Gasteiger partial charge in [-0.3, -0.25) is 0 Å². The van der Waals surface area contributed by atoms with Crippen LogP contribution >= 0.6 is 0 Å². The molecule has 0 saturated heterocycles. The molecule has 0 fully saturated rings. The molecule has 0 aromatic carbocycles. The van der Waals surface area contributed by atoms with E-state index in [1.165, 1.54) is 51.4 Å². The van der Waals surface area contributed by atoms with Crippen LogP contribution in [0.25, 0.3) is 0 Å². The van der Waals surface area contributed by atoms with Crippen LogP contribution in [0.3, 0.4) is 0 Å². The number of hydrogen-bond acceptors (Lipinski definition) is 1. The van der Waals surface area contributed by atoms with Crippen LogP contribution in [0, 0.1) is 0 Å². The SMILES string of the molecule is CCCCC(N)CCC1=C(C)CCC1. The highest BCUT2D eigenvalue weighted by molar-refractivity contribution is 5.17. The van der Waals surface area contributed by atoms with Crippen molar-refractivity contribution < 1.29 is 0 Å². The lowest BCUT2D eigenvalue weighted by atomic mass is 10.00. The Morgan fingerprint density at radius 2 is 2.07 bits per heavy atom. The van der Waals surface area contributed by atoms with E-state index in [1.807, 2.05) is 0 Å². The fraction of sp³-hybridized carbons (Fsp3) is 0.846. The smallest absolute Gasteiger partial charge is 0.00418 e. The molecule has 0 heterocycles. The predicted molar refractivity (Wildman–Crippen MR) is 63.3 cm³/mol. The van der Waals surface area contributed by atoms with E-state index in [0.29, 0.717) is 6.04 Å². The van der Waals surface area contributed by atoms with E-state index in [4.69, 9.17) is 5.73 Å². The van der Waals surface area contributed by atoms with Gasteiger partial charge in [0.25, 0.3) is 0 Å². The molecule has 0 spiro atoms. The van der Waals surface area contributed by atoms with Crippen molar-refractivity contribution in [3.63, 3.8) is 0 Å². The topological polar surface area (TPSA) is 26.0 Å². The quantitative estimate of drug-likeness (QED) is 0.641. The molecule has 0 aromatic rings. The average molecular weight is 195 g/mol. The molecule has 14 heavy (non-hydrogen) atoms. The van der Waals surface area contributed by atoms with E-state index in [1.54, 1.807) is 11.1 Å². The highest BCUT2D eigenvalue weighted by atomic mass is 14.6. The highest BCUT2D eigenvalue weighted by Crippen LogP contribution is 2.29. The zero-order chi connectivity index (χ0) is 10.4. The van der Waals surface area contributed by atoms with Gasteiger partial charge >= 0.3 is 0 Å². The molecule has 2 N–H and O–H groups in total. The second kappa shape index (κ2) is 6.23. The van der Waals surface area contributed by atoms with Crippen LogP contribution in [0.4, 0.5) is 0 Å². The maximum Gasteiger partial charge on any atom is 0.00418 e. The number of allylic oxidation sites excluding steroid dienone is 2. The fourth-order valence-electron chi connectivity index (χ4n) is 2.27. The van der Waals surface area contributed by atoms with Crippen molar-refractivity contribution in [2.75, 3.05) is 0 Å². The minimum absolute atomic E-state index is 0.441. The number of unbranched alkanes of at least 4 members (excludes halogenated alkanes) is 1. The van der Waals surface area contributed by atoms with E-state index >= 15 is 0 Å². The van der Waals surface area contributed by atoms with Crippen molar-refractivity contribution in [2.24, 2.45) is 5.73 Å². The molecule has 0 saturated carbocycles. The summed E-state index contributed by atoms with van der Waals surface area (Å²) in [5.41, 5.74) is 9.41. The Morgan fingerprint density at radius 3 is 2.64 bits per heavy atom. The van der Waals surface area contributed by atoms with Crippen molar-refractivity contribution >= 4 is 0 Å². The van der Waals surface area contributed by atoms with E-state index in [-0.39, 0.29) is 0 Å². The van der Waals surface area contributed by atoms with Gasteiger partial charge in [-0.1, -0.05) is 30.9 Å². The van der Waals surface area contributed by atoms with Crippen LogP contribution in [0.15, 0.2) is 11.1 Å². The molecule has 0 bridgehead atoms. The molecule has 1 aliphatic rings.